The first-order valence-corrected chi connectivity index (χ1v) is 12.1. The van der Waals surface area contributed by atoms with E-state index in [-0.39, 0.29) is 11.7 Å². The number of rotatable bonds is 7. The maximum atomic E-state index is 12.8. The van der Waals surface area contributed by atoms with Crippen molar-refractivity contribution in [1.82, 2.24) is 15.0 Å². The van der Waals surface area contributed by atoms with Gasteiger partial charge in [-0.15, -0.1) is 10.2 Å². The molecule has 176 valence electrons. The summed E-state index contributed by atoms with van der Waals surface area (Å²) in [4.78, 5) is 14.4. The highest BCUT2D eigenvalue weighted by Crippen LogP contribution is 2.32. The van der Waals surface area contributed by atoms with Gasteiger partial charge in [-0.05, 0) is 79.1 Å². The number of nitrogens with zero attached hydrogens (tertiary/aromatic N) is 3. The number of aromatic nitrogens is 3. The molecule has 0 atom stereocenters. The average molecular weight is 505 g/mol. The molecule has 8 heteroatoms. The van der Waals surface area contributed by atoms with Gasteiger partial charge in [0.2, 0.25) is 0 Å². The highest BCUT2D eigenvalue weighted by Gasteiger charge is 2.15. The van der Waals surface area contributed by atoms with Crippen LogP contribution in [-0.4, -0.2) is 20.9 Å². The Morgan fingerprint density at radius 1 is 0.943 bits per heavy atom. The second-order valence-electron chi connectivity index (χ2n) is 8.21. The fourth-order valence-electron chi connectivity index (χ4n) is 3.77. The van der Waals surface area contributed by atoms with E-state index in [2.05, 4.69) is 34.6 Å². The van der Waals surface area contributed by atoms with E-state index >= 15 is 0 Å². The van der Waals surface area contributed by atoms with Crippen molar-refractivity contribution in [3.8, 4) is 17.0 Å². The molecule has 0 saturated heterocycles. The quantitative estimate of drug-likeness (QED) is 0.247. The van der Waals surface area contributed by atoms with E-state index in [1.165, 1.54) is 18.4 Å². The zero-order valence-electron chi connectivity index (χ0n) is 19.0. The number of fused-ring (bicyclic) bond motifs is 1. The minimum absolute atomic E-state index is 0.156. The Morgan fingerprint density at radius 3 is 2.54 bits per heavy atom. The minimum atomic E-state index is -0.385. The highest BCUT2D eigenvalue weighted by molar-refractivity contribution is 6.35. The lowest BCUT2D eigenvalue weighted by Gasteiger charge is -2.03. The summed E-state index contributed by atoms with van der Waals surface area (Å²) in [6.45, 7) is 2.19. The van der Waals surface area contributed by atoms with Crippen LogP contribution in [0, 0.1) is 0 Å². The van der Waals surface area contributed by atoms with Crippen molar-refractivity contribution in [3.63, 3.8) is 0 Å². The molecule has 35 heavy (non-hydrogen) atoms. The third kappa shape index (κ3) is 5.09. The number of hydrogen-bond acceptors (Lipinski definition) is 4. The third-order valence-corrected chi connectivity index (χ3v) is 6.21. The SMILES string of the molecule is CCCCc1ccc(-n2nc3ccc(NC(=O)c4ccc(-c5cc(Cl)ccc5Cl)o4)cc3n2)cc1. The number of furan rings is 1. The zero-order chi connectivity index (χ0) is 24.4. The number of carbonyl (C=O) groups is 1. The molecular weight excluding hydrogens is 483 g/mol. The van der Waals surface area contributed by atoms with E-state index in [0.29, 0.717) is 32.6 Å². The smallest absolute Gasteiger partial charge is 0.291 e. The molecular formula is C27H22Cl2N4O2. The number of unbranched alkanes of at least 4 members (excludes halogenated alkanes) is 1. The molecule has 5 aromatic rings. The summed E-state index contributed by atoms with van der Waals surface area (Å²) in [5.41, 5.74) is 4.79. The van der Waals surface area contributed by atoms with Crippen molar-refractivity contribution < 1.29 is 9.21 Å². The Kier molecular flexibility index (Phi) is 6.57. The number of benzene rings is 3. The van der Waals surface area contributed by atoms with Crippen LogP contribution in [-0.2, 0) is 6.42 Å². The molecule has 0 spiro atoms. The van der Waals surface area contributed by atoms with Crippen LogP contribution in [0.3, 0.4) is 0 Å². The molecule has 2 heterocycles. The van der Waals surface area contributed by atoms with Crippen LogP contribution in [0.1, 0.15) is 35.9 Å². The molecule has 3 aromatic carbocycles. The highest BCUT2D eigenvalue weighted by atomic mass is 35.5. The van der Waals surface area contributed by atoms with Crippen LogP contribution >= 0.6 is 23.2 Å². The molecule has 0 aliphatic heterocycles. The van der Waals surface area contributed by atoms with Crippen LogP contribution in [0.25, 0.3) is 28.0 Å². The van der Waals surface area contributed by atoms with Gasteiger partial charge < -0.3 is 9.73 Å². The van der Waals surface area contributed by atoms with Gasteiger partial charge in [0.1, 0.15) is 16.8 Å². The molecule has 0 aliphatic carbocycles. The van der Waals surface area contributed by atoms with Crippen molar-refractivity contribution in [2.75, 3.05) is 5.32 Å². The topological polar surface area (TPSA) is 73.0 Å². The molecule has 5 rings (SSSR count). The zero-order valence-corrected chi connectivity index (χ0v) is 20.5. The molecule has 1 amide bonds. The number of nitrogens with one attached hydrogen (secondary N) is 1. The number of aryl methyl sites for hydroxylation is 1. The Hall–Kier alpha value is -3.61. The molecule has 1 N–H and O–H groups in total. The van der Waals surface area contributed by atoms with Gasteiger partial charge in [0, 0.05) is 16.3 Å². The van der Waals surface area contributed by atoms with Crippen molar-refractivity contribution in [1.29, 1.82) is 0 Å². The second-order valence-corrected chi connectivity index (χ2v) is 9.05. The fraction of sp³-hybridized carbons (Fsp3) is 0.148. The summed E-state index contributed by atoms with van der Waals surface area (Å²) in [6.07, 6.45) is 3.41. The molecule has 0 saturated carbocycles. The largest absolute Gasteiger partial charge is 0.451 e. The molecule has 0 aliphatic rings. The second kappa shape index (κ2) is 9.94. The van der Waals surface area contributed by atoms with Crippen molar-refractivity contribution in [2.24, 2.45) is 0 Å². The summed E-state index contributed by atoms with van der Waals surface area (Å²) < 4.78 is 5.74. The third-order valence-electron chi connectivity index (χ3n) is 5.65. The van der Waals surface area contributed by atoms with E-state index in [4.69, 9.17) is 27.6 Å². The van der Waals surface area contributed by atoms with Crippen molar-refractivity contribution >= 4 is 45.8 Å². The molecule has 6 nitrogen and oxygen atoms in total. The number of anilines is 1. The van der Waals surface area contributed by atoms with Gasteiger partial charge in [0.25, 0.3) is 5.91 Å². The lowest BCUT2D eigenvalue weighted by molar-refractivity contribution is 0.0997. The summed E-state index contributed by atoms with van der Waals surface area (Å²) in [7, 11) is 0. The lowest BCUT2D eigenvalue weighted by Crippen LogP contribution is -2.10. The molecule has 0 radical (unpaired) electrons. The predicted octanol–water partition coefficient (Wildman–Crippen LogP) is 7.58. The van der Waals surface area contributed by atoms with Gasteiger partial charge in [-0.3, -0.25) is 4.79 Å². The van der Waals surface area contributed by atoms with E-state index in [1.807, 2.05) is 18.2 Å². The van der Waals surface area contributed by atoms with Crippen LogP contribution < -0.4 is 5.32 Å². The Morgan fingerprint density at radius 2 is 1.74 bits per heavy atom. The number of hydrogen-bond donors (Lipinski definition) is 1. The van der Waals surface area contributed by atoms with E-state index in [1.54, 1.807) is 47.3 Å². The van der Waals surface area contributed by atoms with E-state index in [0.717, 1.165) is 17.6 Å². The Bertz CT molecular complexity index is 1510. The first kappa shape index (κ1) is 23.1. The molecule has 0 fully saturated rings. The number of halogens is 2. The summed E-state index contributed by atoms with van der Waals surface area (Å²) in [5.74, 6) is 0.230. The predicted molar refractivity (Wildman–Crippen MR) is 140 cm³/mol. The monoisotopic (exact) mass is 504 g/mol. The van der Waals surface area contributed by atoms with Crippen LogP contribution in [0.2, 0.25) is 10.0 Å². The van der Waals surface area contributed by atoms with Gasteiger partial charge in [0.15, 0.2) is 5.76 Å². The first-order chi connectivity index (χ1) is 17.0. The normalized spacial score (nSPS) is 11.2. The lowest BCUT2D eigenvalue weighted by atomic mass is 10.1. The van der Waals surface area contributed by atoms with Crippen LogP contribution in [0.5, 0.6) is 0 Å². The molecule has 0 unspecified atom stereocenters. The standard InChI is InChI=1S/C27H22Cl2N4O2/c1-2-3-4-17-5-9-20(10-6-17)33-31-23-12-8-19(16-24(23)32-33)30-27(34)26-14-13-25(35-26)21-15-18(28)7-11-22(21)29/h5-16H,2-4H2,1H3,(H,30,34). The first-order valence-electron chi connectivity index (χ1n) is 11.3. The number of carbonyl (C=O) groups excluding carboxylic acids is 1. The van der Waals surface area contributed by atoms with Crippen molar-refractivity contribution in [3.05, 3.63) is 94.2 Å². The van der Waals surface area contributed by atoms with Gasteiger partial charge in [-0.25, -0.2) is 0 Å². The number of amides is 1. The van der Waals surface area contributed by atoms with E-state index in [9.17, 15) is 4.79 Å². The molecule has 2 aromatic heterocycles. The fourth-order valence-corrected chi connectivity index (χ4v) is 4.15. The summed E-state index contributed by atoms with van der Waals surface area (Å²) >= 11 is 12.3. The Balaban J connectivity index is 1.32. The minimum Gasteiger partial charge on any atom is -0.451 e. The summed E-state index contributed by atoms with van der Waals surface area (Å²) in [6, 6.07) is 22.0. The molecule has 0 bridgehead atoms. The van der Waals surface area contributed by atoms with Crippen LogP contribution in [0.4, 0.5) is 5.69 Å². The van der Waals surface area contributed by atoms with Gasteiger partial charge in [0.05, 0.1) is 10.7 Å². The van der Waals surface area contributed by atoms with Gasteiger partial charge in [-0.1, -0.05) is 48.7 Å². The van der Waals surface area contributed by atoms with E-state index < -0.39 is 0 Å². The van der Waals surface area contributed by atoms with Crippen molar-refractivity contribution in [2.45, 2.75) is 26.2 Å². The Labute approximate surface area is 212 Å². The maximum absolute atomic E-state index is 12.8. The summed E-state index contributed by atoms with van der Waals surface area (Å²) in [5, 5.41) is 13.0. The maximum Gasteiger partial charge on any atom is 0.291 e. The van der Waals surface area contributed by atoms with Crippen LogP contribution in [0.15, 0.2) is 77.2 Å². The van der Waals surface area contributed by atoms with Gasteiger partial charge >= 0.3 is 0 Å². The average Bonchev–Trinajstić information content (AvgIpc) is 3.52. The van der Waals surface area contributed by atoms with Gasteiger partial charge in [-0.2, -0.15) is 4.80 Å².